The van der Waals surface area contributed by atoms with Gasteiger partial charge in [0.1, 0.15) is 11.6 Å². The van der Waals surface area contributed by atoms with Gasteiger partial charge in [-0.15, -0.1) is 0 Å². The Bertz CT molecular complexity index is 484. The number of piperazine rings is 1. The number of nitrogens with one attached hydrogen (secondary N) is 1. The van der Waals surface area contributed by atoms with Crippen LogP contribution in [-0.2, 0) is 6.42 Å². The fraction of sp³-hybridized carbons (Fsp3) is 0.667. The van der Waals surface area contributed by atoms with Crippen molar-refractivity contribution >= 4 is 5.82 Å². The van der Waals surface area contributed by atoms with Crippen molar-refractivity contribution in [1.82, 2.24) is 19.8 Å². The fourth-order valence-corrected chi connectivity index (χ4v) is 2.34. The Kier molecular flexibility index (Phi) is 3.68. The van der Waals surface area contributed by atoms with Crippen LogP contribution >= 0.6 is 0 Å². The van der Waals surface area contributed by atoms with Crippen molar-refractivity contribution in [1.29, 1.82) is 0 Å². The van der Waals surface area contributed by atoms with Gasteiger partial charge in [0.05, 0.1) is 11.6 Å². The van der Waals surface area contributed by atoms with E-state index in [1.807, 2.05) is 14.0 Å². The van der Waals surface area contributed by atoms with Gasteiger partial charge < -0.3 is 15.6 Å². The van der Waals surface area contributed by atoms with Crippen LogP contribution in [0, 0.1) is 0 Å². The summed E-state index contributed by atoms with van der Waals surface area (Å²) in [5.74, 6) is 1.03. The SMILES string of the molecule is CCc1c(N)nc(C2CN(C)CCN2C)[nH]c1=O. The topological polar surface area (TPSA) is 78.2 Å². The van der Waals surface area contributed by atoms with Gasteiger partial charge >= 0.3 is 0 Å². The highest BCUT2D eigenvalue weighted by atomic mass is 16.1. The van der Waals surface area contributed by atoms with Crippen LogP contribution in [0.5, 0.6) is 0 Å². The largest absolute Gasteiger partial charge is 0.383 e. The first kappa shape index (κ1) is 13.0. The number of H-pyrrole nitrogens is 1. The first-order chi connectivity index (χ1) is 8.52. The van der Waals surface area contributed by atoms with Crippen LogP contribution < -0.4 is 11.3 Å². The third-order valence-corrected chi connectivity index (χ3v) is 3.59. The molecule has 1 unspecified atom stereocenters. The van der Waals surface area contributed by atoms with Gasteiger partial charge in [-0.2, -0.15) is 0 Å². The third kappa shape index (κ3) is 2.39. The van der Waals surface area contributed by atoms with Crippen molar-refractivity contribution in [3.63, 3.8) is 0 Å². The van der Waals surface area contributed by atoms with Gasteiger partial charge in [-0.3, -0.25) is 9.69 Å². The lowest BCUT2D eigenvalue weighted by atomic mass is 10.1. The molecule has 2 heterocycles. The molecular weight excluding hydrogens is 230 g/mol. The molecule has 0 aromatic carbocycles. The van der Waals surface area contributed by atoms with E-state index in [2.05, 4.69) is 26.8 Å². The van der Waals surface area contributed by atoms with Crippen molar-refractivity contribution in [3.05, 3.63) is 21.7 Å². The van der Waals surface area contributed by atoms with E-state index in [0.717, 1.165) is 19.6 Å². The lowest BCUT2D eigenvalue weighted by Crippen LogP contribution is -2.46. The molecule has 2 rings (SSSR count). The van der Waals surface area contributed by atoms with Crippen LogP contribution in [0.2, 0.25) is 0 Å². The Morgan fingerprint density at radius 2 is 2.17 bits per heavy atom. The fourth-order valence-electron chi connectivity index (χ4n) is 2.34. The summed E-state index contributed by atoms with van der Waals surface area (Å²) in [6.45, 7) is 4.74. The van der Waals surface area contributed by atoms with Crippen LogP contribution in [-0.4, -0.2) is 53.5 Å². The quantitative estimate of drug-likeness (QED) is 0.763. The van der Waals surface area contributed by atoms with E-state index in [0.29, 0.717) is 23.6 Å². The van der Waals surface area contributed by atoms with Crippen molar-refractivity contribution in [2.45, 2.75) is 19.4 Å². The van der Waals surface area contributed by atoms with E-state index < -0.39 is 0 Å². The second-order valence-corrected chi connectivity index (χ2v) is 4.93. The van der Waals surface area contributed by atoms with Crippen molar-refractivity contribution in [2.24, 2.45) is 0 Å². The normalized spacial score (nSPS) is 22.3. The van der Waals surface area contributed by atoms with E-state index in [-0.39, 0.29) is 11.6 Å². The van der Waals surface area contributed by atoms with Gasteiger partial charge in [0.15, 0.2) is 0 Å². The van der Waals surface area contributed by atoms with Gasteiger partial charge in [0, 0.05) is 19.6 Å². The number of rotatable bonds is 2. The monoisotopic (exact) mass is 251 g/mol. The van der Waals surface area contributed by atoms with E-state index in [1.54, 1.807) is 0 Å². The summed E-state index contributed by atoms with van der Waals surface area (Å²) < 4.78 is 0. The molecule has 6 nitrogen and oxygen atoms in total. The molecule has 0 amide bonds. The molecule has 3 N–H and O–H groups in total. The number of anilines is 1. The zero-order valence-electron chi connectivity index (χ0n) is 11.2. The van der Waals surface area contributed by atoms with Crippen LogP contribution in [0.3, 0.4) is 0 Å². The molecule has 0 saturated carbocycles. The summed E-state index contributed by atoms with van der Waals surface area (Å²) in [4.78, 5) is 23.6. The highest BCUT2D eigenvalue weighted by molar-refractivity contribution is 5.37. The molecular formula is C12H21N5O. The number of nitrogens with zero attached hydrogens (tertiary/aromatic N) is 3. The Labute approximate surface area is 107 Å². The highest BCUT2D eigenvalue weighted by Gasteiger charge is 2.26. The molecule has 1 saturated heterocycles. The molecule has 100 valence electrons. The third-order valence-electron chi connectivity index (χ3n) is 3.59. The van der Waals surface area contributed by atoms with E-state index in [9.17, 15) is 4.79 Å². The Balaban J connectivity index is 2.36. The Morgan fingerprint density at radius 3 is 2.78 bits per heavy atom. The molecule has 0 spiro atoms. The smallest absolute Gasteiger partial charge is 0.256 e. The minimum Gasteiger partial charge on any atom is -0.383 e. The van der Waals surface area contributed by atoms with Crippen molar-refractivity contribution in [2.75, 3.05) is 39.5 Å². The van der Waals surface area contributed by atoms with E-state index in [4.69, 9.17) is 5.73 Å². The van der Waals surface area contributed by atoms with Gasteiger partial charge in [0.2, 0.25) is 0 Å². The number of hydrogen-bond acceptors (Lipinski definition) is 5. The van der Waals surface area contributed by atoms with Crippen LogP contribution in [0.25, 0.3) is 0 Å². The van der Waals surface area contributed by atoms with Crippen molar-refractivity contribution < 1.29 is 0 Å². The van der Waals surface area contributed by atoms with Gasteiger partial charge in [0.25, 0.3) is 5.56 Å². The summed E-state index contributed by atoms with van der Waals surface area (Å²) in [6.07, 6.45) is 0.606. The molecule has 0 radical (unpaired) electrons. The highest BCUT2D eigenvalue weighted by Crippen LogP contribution is 2.20. The summed E-state index contributed by atoms with van der Waals surface area (Å²) in [7, 11) is 4.11. The molecule has 0 bridgehead atoms. The standard InChI is InChI=1S/C12H21N5O/c1-4-8-10(13)14-11(15-12(8)18)9-7-16(2)5-6-17(9)3/h9H,4-7H2,1-3H3,(H3,13,14,15,18). The van der Waals surface area contributed by atoms with Gasteiger partial charge in [-0.05, 0) is 20.5 Å². The zero-order valence-corrected chi connectivity index (χ0v) is 11.2. The predicted molar refractivity (Wildman–Crippen MR) is 71.5 cm³/mol. The van der Waals surface area contributed by atoms with Gasteiger partial charge in [-0.25, -0.2) is 4.98 Å². The second kappa shape index (κ2) is 5.07. The summed E-state index contributed by atoms with van der Waals surface area (Å²) in [6, 6.07) is 0.102. The molecule has 1 aliphatic heterocycles. The average Bonchev–Trinajstić information content (AvgIpc) is 2.32. The molecule has 0 aliphatic carbocycles. The number of likely N-dealkylation sites (N-methyl/N-ethyl adjacent to an activating group) is 2. The van der Waals surface area contributed by atoms with Crippen LogP contribution in [0.1, 0.15) is 24.4 Å². The van der Waals surface area contributed by atoms with Crippen LogP contribution in [0.15, 0.2) is 4.79 Å². The van der Waals surface area contributed by atoms with Crippen molar-refractivity contribution in [3.8, 4) is 0 Å². The first-order valence-corrected chi connectivity index (χ1v) is 6.30. The minimum atomic E-state index is -0.110. The number of aromatic nitrogens is 2. The minimum absolute atomic E-state index is 0.102. The lowest BCUT2D eigenvalue weighted by Gasteiger charge is -2.36. The molecule has 1 aromatic heterocycles. The number of hydrogen-bond donors (Lipinski definition) is 2. The lowest BCUT2D eigenvalue weighted by molar-refractivity contribution is 0.109. The Morgan fingerprint density at radius 1 is 1.44 bits per heavy atom. The Hall–Kier alpha value is -1.40. The maximum Gasteiger partial charge on any atom is 0.256 e. The van der Waals surface area contributed by atoms with E-state index in [1.165, 1.54) is 0 Å². The van der Waals surface area contributed by atoms with Crippen LogP contribution in [0.4, 0.5) is 5.82 Å². The molecule has 18 heavy (non-hydrogen) atoms. The maximum absolute atomic E-state index is 11.9. The summed E-state index contributed by atoms with van der Waals surface area (Å²) >= 11 is 0. The summed E-state index contributed by atoms with van der Waals surface area (Å²) in [5.41, 5.74) is 6.32. The zero-order chi connectivity index (χ0) is 13.3. The number of aromatic amines is 1. The molecule has 1 fully saturated rings. The molecule has 1 aromatic rings. The average molecular weight is 251 g/mol. The second-order valence-electron chi connectivity index (χ2n) is 4.93. The summed E-state index contributed by atoms with van der Waals surface area (Å²) in [5, 5.41) is 0. The molecule has 1 aliphatic rings. The maximum atomic E-state index is 11.9. The van der Waals surface area contributed by atoms with Gasteiger partial charge in [-0.1, -0.05) is 6.92 Å². The first-order valence-electron chi connectivity index (χ1n) is 6.30. The number of nitrogen functional groups attached to an aromatic ring is 1. The number of nitrogens with two attached hydrogens (primary N) is 1. The van der Waals surface area contributed by atoms with E-state index >= 15 is 0 Å². The predicted octanol–water partition coefficient (Wildman–Crippen LogP) is -0.167. The molecule has 1 atom stereocenters. The molecule has 6 heteroatoms.